The molecule has 6 N–H and O–H groups in total. The molecule has 13 nitrogen and oxygen atoms in total. The minimum atomic E-state index is -1.08. The first kappa shape index (κ1) is 32.0. The van der Waals surface area contributed by atoms with Crippen LogP contribution in [-0.4, -0.2) is 132 Å². The van der Waals surface area contributed by atoms with Gasteiger partial charge in [-0.05, 0) is 43.5 Å². The average molecular weight is 552 g/mol. The van der Waals surface area contributed by atoms with Crippen molar-refractivity contribution in [3.63, 3.8) is 0 Å². The summed E-state index contributed by atoms with van der Waals surface area (Å²) in [6.45, 7) is 2.88. The summed E-state index contributed by atoms with van der Waals surface area (Å²) in [6, 6.07) is 6.72. The fraction of sp³-hybridized carbons (Fsp3) is 0.615. The predicted octanol–water partition coefficient (Wildman–Crippen LogP) is -0.605. The number of nitrogens with zero attached hydrogens (tertiary/aromatic N) is 3. The van der Waals surface area contributed by atoms with Gasteiger partial charge in [-0.2, -0.15) is 0 Å². The van der Waals surface area contributed by atoms with Gasteiger partial charge in [-0.1, -0.05) is 12.1 Å². The number of hydrogen-bond acceptors (Lipinski definition) is 9. The molecule has 2 rings (SSSR count). The maximum atomic E-state index is 12.4. The molecule has 1 aromatic carbocycles. The Morgan fingerprint density at radius 1 is 0.897 bits per heavy atom. The lowest BCUT2D eigenvalue weighted by atomic mass is 10.1. The van der Waals surface area contributed by atoms with Crippen molar-refractivity contribution in [2.45, 2.75) is 31.7 Å². The lowest BCUT2D eigenvalue weighted by Crippen LogP contribution is -2.47. The minimum Gasteiger partial charge on any atom is -0.494 e. The minimum absolute atomic E-state index is 0.00854. The molecule has 0 radical (unpaired) electrons. The number of rotatable bonds is 16. The van der Waals surface area contributed by atoms with Gasteiger partial charge < -0.3 is 31.1 Å². The van der Waals surface area contributed by atoms with Gasteiger partial charge in [0.15, 0.2) is 0 Å². The van der Waals surface area contributed by atoms with Crippen molar-refractivity contribution < 1.29 is 39.2 Å². The molecule has 1 aromatic rings. The van der Waals surface area contributed by atoms with Gasteiger partial charge in [0, 0.05) is 52.2 Å². The molecule has 0 spiro atoms. The van der Waals surface area contributed by atoms with Gasteiger partial charge in [-0.15, -0.1) is 0 Å². The topological polar surface area (TPSA) is 186 Å². The molecule has 39 heavy (non-hydrogen) atoms. The number of hydrogen-bond donors (Lipinski definition) is 5. The van der Waals surface area contributed by atoms with Gasteiger partial charge in [-0.3, -0.25) is 33.9 Å². The van der Waals surface area contributed by atoms with Gasteiger partial charge in [-0.25, -0.2) is 0 Å². The molecule has 1 fully saturated rings. The number of nitrogens with one attached hydrogen (secondary N) is 1. The van der Waals surface area contributed by atoms with Crippen LogP contribution in [0.25, 0.3) is 0 Å². The number of benzene rings is 1. The van der Waals surface area contributed by atoms with E-state index >= 15 is 0 Å². The Kier molecular flexibility index (Phi) is 14.2. The first-order valence-electron chi connectivity index (χ1n) is 13.2. The maximum absolute atomic E-state index is 12.4. The van der Waals surface area contributed by atoms with Crippen LogP contribution in [0.4, 0.5) is 0 Å². The van der Waals surface area contributed by atoms with E-state index in [1.807, 2.05) is 24.3 Å². The lowest BCUT2D eigenvalue weighted by molar-refractivity contribution is -0.144. The number of carboxylic acids is 3. The number of carbonyl (C=O) groups is 4. The summed E-state index contributed by atoms with van der Waals surface area (Å²) in [5.74, 6) is -2.64. The van der Waals surface area contributed by atoms with E-state index in [1.165, 1.54) is 0 Å². The van der Waals surface area contributed by atoms with E-state index in [9.17, 15) is 34.5 Å². The van der Waals surface area contributed by atoms with Crippen LogP contribution in [0.5, 0.6) is 5.75 Å². The van der Waals surface area contributed by atoms with E-state index in [0.29, 0.717) is 52.3 Å². The summed E-state index contributed by atoms with van der Waals surface area (Å²) in [7, 11) is 0. The fourth-order valence-corrected chi connectivity index (χ4v) is 4.40. The molecule has 1 unspecified atom stereocenters. The van der Waals surface area contributed by atoms with Gasteiger partial charge >= 0.3 is 17.9 Å². The van der Waals surface area contributed by atoms with Crippen molar-refractivity contribution in [3.05, 3.63) is 29.8 Å². The van der Waals surface area contributed by atoms with Crippen LogP contribution in [-0.2, 0) is 25.6 Å². The number of ether oxygens (including phenoxy) is 1. The molecule has 0 saturated carbocycles. The van der Waals surface area contributed by atoms with Crippen LogP contribution in [0.2, 0.25) is 0 Å². The zero-order valence-corrected chi connectivity index (χ0v) is 22.3. The summed E-state index contributed by atoms with van der Waals surface area (Å²) < 4.78 is 5.68. The summed E-state index contributed by atoms with van der Waals surface area (Å²) in [6.07, 6.45) is 1.47. The first-order chi connectivity index (χ1) is 18.7. The van der Waals surface area contributed by atoms with Gasteiger partial charge in [0.25, 0.3) is 0 Å². The van der Waals surface area contributed by atoms with E-state index in [4.69, 9.17) is 10.5 Å². The smallest absolute Gasteiger partial charge is 0.320 e. The van der Waals surface area contributed by atoms with Crippen molar-refractivity contribution in [2.75, 3.05) is 72.1 Å². The molecule has 0 aliphatic carbocycles. The summed E-state index contributed by atoms with van der Waals surface area (Å²) in [5, 5.41) is 31.1. The highest BCUT2D eigenvalue weighted by molar-refractivity contribution is 5.78. The standard InChI is InChI=1S/C26H41N5O8/c27-9-8-20-2-4-21(5-3-20)39-17-1-10-28-23(32)7-6-22(26(37)38)31-15-13-29(18-24(33)34)11-12-30(14-16-31)19-25(35)36/h2-5,22H,1,6-19,27H2,(H,28,32)(H,33,34)(H,35,36)(H,37,38). The van der Waals surface area contributed by atoms with Crippen LogP contribution in [0.1, 0.15) is 24.8 Å². The highest BCUT2D eigenvalue weighted by atomic mass is 16.5. The molecule has 0 aromatic heterocycles. The van der Waals surface area contributed by atoms with Crippen molar-refractivity contribution in [3.8, 4) is 5.75 Å². The van der Waals surface area contributed by atoms with Gasteiger partial charge in [0.2, 0.25) is 5.91 Å². The molecular formula is C26H41N5O8. The number of aliphatic carboxylic acids is 3. The fourth-order valence-electron chi connectivity index (χ4n) is 4.40. The van der Waals surface area contributed by atoms with Gasteiger partial charge in [0.05, 0.1) is 19.7 Å². The third-order valence-electron chi connectivity index (χ3n) is 6.50. The molecule has 1 heterocycles. The van der Waals surface area contributed by atoms with Crippen molar-refractivity contribution in [2.24, 2.45) is 5.73 Å². The Morgan fingerprint density at radius 2 is 1.46 bits per heavy atom. The van der Waals surface area contributed by atoms with Crippen molar-refractivity contribution in [1.29, 1.82) is 0 Å². The van der Waals surface area contributed by atoms with Crippen LogP contribution in [0.3, 0.4) is 0 Å². The Bertz CT molecular complexity index is 901. The van der Waals surface area contributed by atoms with Gasteiger partial charge in [0.1, 0.15) is 11.8 Å². The number of nitrogens with two attached hydrogens (primary N) is 1. The van der Waals surface area contributed by atoms with Crippen LogP contribution < -0.4 is 15.8 Å². The molecule has 1 aliphatic heterocycles. The van der Waals surface area contributed by atoms with Crippen LogP contribution in [0, 0.1) is 0 Å². The quantitative estimate of drug-likeness (QED) is 0.164. The SMILES string of the molecule is NCCc1ccc(OCCCNC(=O)CCC(C(=O)O)N2CCN(CC(=O)O)CCN(CC(=O)O)CC2)cc1. The Hall–Kier alpha value is -3.26. The van der Waals surface area contributed by atoms with E-state index in [1.54, 1.807) is 14.7 Å². The second kappa shape index (κ2) is 17.4. The highest BCUT2D eigenvalue weighted by Crippen LogP contribution is 2.13. The largest absolute Gasteiger partial charge is 0.494 e. The summed E-state index contributed by atoms with van der Waals surface area (Å²) >= 11 is 0. The van der Waals surface area contributed by atoms with E-state index in [0.717, 1.165) is 17.7 Å². The zero-order chi connectivity index (χ0) is 28.6. The zero-order valence-electron chi connectivity index (χ0n) is 22.3. The molecule has 1 amide bonds. The monoisotopic (exact) mass is 551 g/mol. The Labute approximate surface area is 228 Å². The molecule has 1 atom stereocenters. The Balaban J connectivity index is 1.82. The molecular weight excluding hydrogens is 510 g/mol. The van der Waals surface area contributed by atoms with Crippen LogP contribution in [0.15, 0.2) is 24.3 Å². The molecule has 0 bridgehead atoms. The lowest BCUT2D eigenvalue weighted by Gasteiger charge is -2.30. The van der Waals surface area contributed by atoms with Crippen molar-refractivity contribution >= 4 is 23.8 Å². The third kappa shape index (κ3) is 12.9. The first-order valence-corrected chi connectivity index (χ1v) is 13.2. The molecule has 1 saturated heterocycles. The highest BCUT2D eigenvalue weighted by Gasteiger charge is 2.28. The predicted molar refractivity (Wildman–Crippen MR) is 143 cm³/mol. The summed E-state index contributed by atoms with van der Waals surface area (Å²) in [5.41, 5.74) is 6.68. The normalized spacial score (nSPS) is 16.4. The van der Waals surface area contributed by atoms with Crippen molar-refractivity contribution in [1.82, 2.24) is 20.0 Å². The second-order valence-corrected chi connectivity index (χ2v) is 9.50. The molecule has 13 heteroatoms. The molecule has 218 valence electrons. The molecule has 1 aliphatic rings. The van der Waals surface area contributed by atoms with Crippen LogP contribution >= 0.6 is 0 Å². The maximum Gasteiger partial charge on any atom is 0.320 e. The van der Waals surface area contributed by atoms with E-state index in [-0.39, 0.29) is 44.9 Å². The van der Waals surface area contributed by atoms with E-state index < -0.39 is 23.9 Å². The average Bonchev–Trinajstić information content (AvgIpc) is 2.96. The number of carboxylic acid groups (broad SMARTS) is 3. The number of carbonyl (C=O) groups excluding carboxylic acids is 1. The second-order valence-electron chi connectivity index (χ2n) is 9.50. The summed E-state index contributed by atoms with van der Waals surface area (Å²) in [4.78, 5) is 52.0. The third-order valence-corrected chi connectivity index (χ3v) is 6.50. The van der Waals surface area contributed by atoms with E-state index in [2.05, 4.69) is 5.32 Å². The number of amides is 1. The Morgan fingerprint density at radius 3 is 1.97 bits per heavy atom.